The summed E-state index contributed by atoms with van der Waals surface area (Å²) in [5.41, 5.74) is 0.948. The number of nitro benzene ring substituents is 1. The fraction of sp³-hybridized carbons (Fsp3) is 0.462. The van der Waals surface area contributed by atoms with E-state index < -0.39 is 4.92 Å². The summed E-state index contributed by atoms with van der Waals surface area (Å²) in [5, 5.41) is 23.0. The number of thioether (sulfide) groups is 1. The molecule has 6 heteroatoms. The van der Waals surface area contributed by atoms with E-state index >= 15 is 0 Å². The van der Waals surface area contributed by atoms with Gasteiger partial charge in [-0.2, -0.15) is 17.0 Å². The molecule has 1 aromatic carbocycles. The molecule has 1 saturated carbocycles. The SMILES string of the molecule is CSC1(CNc2ccc([N+](=O)[O-])cc2C#N)CCC1. The van der Waals surface area contributed by atoms with E-state index in [1.165, 1.54) is 31.4 Å². The lowest BCUT2D eigenvalue weighted by Gasteiger charge is -2.40. The van der Waals surface area contributed by atoms with Crippen molar-refractivity contribution in [2.24, 2.45) is 0 Å². The van der Waals surface area contributed by atoms with Crippen molar-refractivity contribution in [1.82, 2.24) is 0 Å². The Balaban J connectivity index is 2.12. The van der Waals surface area contributed by atoms with Crippen molar-refractivity contribution in [2.45, 2.75) is 24.0 Å². The Kier molecular flexibility index (Phi) is 3.96. The summed E-state index contributed by atoms with van der Waals surface area (Å²) in [5.74, 6) is 0. The van der Waals surface area contributed by atoms with Crippen LogP contribution >= 0.6 is 11.8 Å². The van der Waals surface area contributed by atoms with Gasteiger partial charge in [0.1, 0.15) is 6.07 Å². The Hall–Kier alpha value is -1.74. The van der Waals surface area contributed by atoms with Crippen molar-refractivity contribution >= 4 is 23.1 Å². The van der Waals surface area contributed by atoms with Gasteiger partial charge in [-0.1, -0.05) is 6.42 Å². The maximum absolute atomic E-state index is 10.7. The average molecular weight is 277 g/mol. The van der Waals surface area contributed by atoms with Gasteiger partial charge in [0.2, 0.25) is 0 Å². The lowest BCUT2D eigenvalue weighted by Crippen LogP contribution is -2.40. The first-order valence-corrected chi connectivity index (χ1v) is 7.30. The molecule has 100 valence electrons. The molecular formula is C13H15N3O2S. The molecule has 19 heavy (non-hydrogen) atoms. The lowest BCUT2D eigenvalue weighted by atomic mass is 9.84. The predicted octanol–water partition coefficient (Wildman–Crippen LogP) is 3.16. The Bertz CT molecular complexity index is 530. The largest absolute Gasteiger partial charge is 0.383 e. The Morgan fingerprint density at radius 2 is 2.32 bits per heavy atom. The third kappa shape index (κ3) is 2.82. The summed E-state index contributed by atoms with van der Waals surface area (Å²) in [6.45, 7) is 0.792. The van der Waals surface area contributed by atoms with Gasteiger partial charge in [0.25, 0.3) is 5.69 Å². The van der Waals surface area contributed by atoms with Gasteiger partial charge in [0, 0.05) is 23.4 Å². The monoisotopic (exact) mass is 277 g/mol. The second-order valence-electron chi connectivity index (χ2n) is 4.69. The highest BCUT2D eigenvalue weighted by molar-refractivity contribution is 8.00. The Labute approximate surface area is 116 Å². The van der Waals surface area contributed by atoms with Crippen LogP contribution in [0.5, 0.6) is 0 Å². The molecule has 1 N–H and O–H groups in total. The zero-order chi connectivity index (χ0) is 13.9. The van der Waals surface area contributed by atoms with Gasteiger partial charge in [-0.3, -0.25) is 10.1 Å². The maximum Gasteiger partial charge on any atom is 0.270 e. The third-order valence-corrected chi connectivity index (χ3v) is 5.05. The van der Waals surface area contributed by atoms with Crippen molar-refractivity contribution < 1.29 is 4.92 Å². The predicted molar refractivity (Wildman–Crippen MR) is 76.4 cm³/mol. The number of non-ortho nitro benzene ring substituents is 1. The average Bonchev–Trinajstić information content (AvgIpc) is 2.37. The molecule has 0 radical (unpaired) electrons. The van der Waals surface area contributed by atoms with Crippen molar-refractivity contribution in [3.8, 4) is 6.07 Å². The van der Waals surface area contributed by atoms with E-state index in [9.17, 15) is 10.1 Å². The fourth-order valence-electron chi connectivity index (χ4n) is 2.17. The third-order valence-electron chi connectivity index (χ3n) is 3.63. The molecule has 1 fully saturated rings. The number of nitrogens with zero attached hydrogens (tertiary/aromatic N) is 2. The highest BCUT2D eigenvalue weighted by atomic mass is 32.2. The van der Waals surface area contributed by atoms with Crippen molar-refractivity contribution in [3.05, 3.63) is 33.9 Å². The number of nitriles is 1. The van der Waals surface area contributed by atoms with Crippen LogP contribution in [0.25, 0.3) is 0 Å². The molecule has 5 nitrogen and oxygen atoms in total. The van der Waals surface area contributed by atoms with E-state index in [0.29, 0.717) is 11.3 Å². The first-order valence-electron chi connectivity index (χ1n) is 6.08. The molecular weight excluding hydrogens is 262 g/mol. The highest BCUT2D eigenvalue weighted by Crippen LogP contribution is 2.42. The van der Waals surface area contributed by atoms with Crippen LogP contribution in [0.1, 0.15) is 24.8 Å². The molecule has 0 atom stereocenters. The fourth-order valence-corrected chi connectivity index (χ4v) is 3.09. The summed E-state index contributed by atoms with van der Waals surface area (Å²) in [4.78, 5) is 10.2. The summed E-state index contributed by atoms with van der Waals surface area (Å²) < 4.78 is 0.258. The molecule has 1 aliphatic carbocycles. The summed E-state index contributed by atoms with van der Waals surface area (Å²) >= 11 is 1.85. The summed E-state index contributed by atoms with van der Waals surface area (Å²) in [6.07, 6.45) is 5.70. The Morgan fingerprint density at radius 3 is 2.79 bits per heavy atom. The zero-order valence-electron chi connectivity index (χ0n) is 10.7. The molecule has 0 bridgehead atoms. The van der Waals surface area contributed by atoms with Crippen molar-refractivity contribution in [2.75, 3.05) is 18.1 Å². The first kappa shape index (κ1) is 13.7. The number of hydrogen-bond acceptors (Lipinski definition) is 5. The maximum atomic E-state index is 10.7. The van der Waals surface area contributed by atoms with Crippen LogP contribution in [0.15, 0.2) is 18.2 Å². The minimum absolute atomic E-state index is 0.0506. The normalized spacial score (nSPS) is 16.2. The van der Waals surface area contributed by atoms with Crippen LogP contribution < -0.4 is 5.32 Å². The van der Waals surface area contributed by atoms with Gasteiger partial charge in [-0.15, -0.1) is 0 Å². The molecule has 0 amide bonds. The van der Waals surface area contributed by atoms with Crippen molar-refractivity contribution in [1.29, 1.82) is 5.26 Å². The van der Waals surface area contributed by atoms with Gasteiger partial charge in [-0.05, 0) is 25.2 Å². The molecule has 0 saturated heterocycles. The number of nitro groups is 1. The van der Waals surface area contributed by atoms with E-state index in [1.807, 2.05) is 17.8 Å². The highest BCUT2D eigenvalue weighted by Gasteiger charge is 2.35. The minimum Gasteiger partial charge on any atom is -0.383 e. The van der Waals surface area contributed by atoms with Crippen LogP contribution in [-0.2, 0) is 0 Å². The molecule has 0 aromatic heterocycles. The summed E-state index contributed by atoms with van der Waals surface area (Å²) in [6, 6.07) is 6.36. The molecule has 0 aliphatic heterocycles. The van der Waals surface area contributed by atoms with Crippen LogP contribution in [-0.4, -0.2) is 22.5 Å². The quantitative estimate of drug-likeness (QED) is 0.660. The molecule has 1 aromatic rings. The van der Waals surface area contributed by atoms with Crippen molar-refractivity contribution in [3.63, 3.8) is 0 Å². The van der Waals surface area contributed by atoms with Gasteiger partial charge >= 0.3 is 0 Å². The smallest absolute Gasteiger partial charge is 0.270 e. The molecule has 0 spiro atoms. The molecule has 1 aliphatic rings. The second-order valence-corrected chi connectivity index (χ2v) is 5.97. The number of anilines is 1. The van der Waals surface area contributed by atoms with Gasteiger partial charge in [-0.25, -0.2) is 0 Å². The topological polar surface area (TPSA) is 79.0 Å². The van der Waals surface area contributed by atoms with Gasteiger partial charge < -0.3 is 5.32 Å². The van der Waals surface area contributed by atoms with Gasteiger partial charge in [0.15, 0.2) is 0 Å². The van der Waals surface area contributed by atoms with E-state index in [0.717, 1.165) is 6.54 Å². The van der Waals surface area contributed by atoms with Crippen LogP contribution in [0.4, 0.5) is 11.4 Å². The van der Waals surface area contributed by atoms with Crippen LogP contribution in [0, 0.1) is 21.4 Å². The van der Waals surface area contributed by atoms with Crippen LogP contribution in [0.2, 0.25) is 0 Å². The number of nitrogens with one attached hydrogen (secondary N) is 1. The van der Waals surface area contributed by atoms with E-state index in [1.54, 1.807) is 6.07 Å². The standard InChI is InChI=1S/C13H15N3O2S/c1-19-13(5-2-6-13)9-15-12-4-3-11(16(17)18)7-10(12)8-14/h3-4,7,15H,2,5-6,9H2,1H3. The molecule has 2 rings (SSSR count). The molecule has 0 unspecified atom stereocenters. The minimum atomic E-state index is -0.486. The summed E-state index contributed by atoms with van der Waals surface area (Å²) in [7, 11) is 0. The van der Waals surface area contributed by atoms with Gasteiger partial charge in [0.05, 0.1) is 16.2 Å². The van der Waals surface area contributed by atoms with E-state index in [-0.39, 0.29) is 10.4 Å². The van der Waals surface area contributed by atoms with Crippen LogP contribution in [0.3, 0.4) is 0 Å². The second kappa shape index (κ2) is 5.49. The van der Waals surface area contributed by atoms with E-state index in [4.69, 9.17) is 5.26 Å². The zero-order valence-corrected chi connectivity index (χ0v) is 11.5. The Morgan fingerprint density at radius 1 is 1.58 bits per heavy atom. The number of hydrogen-bond donors (Lipinski definition) is 1. The molecule has 0 heterocycles. The number of benzene rings is 1. The first-order chi connectivity index (χ1) is 9.10. The van der Waals surface area contributed by atoms with E-state index in [2.05, 4.69) is 11.6 Å². The number of rotatable bonds is 5. The lowest BCUT2D eigenvalue weighted by molar-refractivity contribution is -0.384.